The largest absolute Gasteiger partial charge is 0.376 e. The highest BCUT2D eigenvalue weighted by Crippen LogP contribution is 2.36. The van der Waals surface area contributed by atoms with Crippen LogP contribution in [-0.2, 0) is 0 Å². The number of halogens is 1. The first-order valence-electron chi connectivity index (χ1n) is 6.79. The molecule has 1 aromatic rings. The molecular weight excluding hydrogens is 241 g/mol. The molecule has 19 heavy (non-hydrogen) atoms. The van der Waals surface area contributed by atoms with Crippen molar-refractivity contribution in [3.8, 4) is 6.07 Å². The molecule has 2 rings (SSSR count). The number of hydrogen-bond acceptors (Lipinski definition) is 3. The lowest BCUT2D eigenvalue weighted by Gasteiger charge is -2.43. The molecule has 1 aromatic carbocycles. The van der Waals surface area contributed by atoms with Crippen molar-refractivity contribution in [2.45, 2.75) is 38.1 Å². The molecule has 0 amide bonds. The molecule has 0 spiro atoms. The van der Waals surface area contributed by atoms with E-state index in [0.29, 0.717) is 23.7 Å². The number of nitrogens with one attached hydrogen (secondary N) is 1. The third kappa shape index (κ3) is 2.71. The summed E-state index contributed by atoms with van der Waals surface area (Å²) in [5.74, 6) is 0.0333. The van der Waals surface area contributed by atoms with Crippen molar-refractivity contribution >= 4 is 5.69 Å². The maximum absolute atomic E-state index is 14.0. The van der Waals surface area contributed by atoms with Crippen LogP contribution in [0.3, 0.4) is 0 Å². The Kier molecular flexibility index (Phi) is 4.06. The molecule has 102 valence electrons. The van der Waals surface area contributed by atoms with Gasteiger partial charge < -0.3 is 11.1 Å². The van der Waals surface area contributed by atoms with Crippen molar-refractivity contribution in [3.63, 3.8) is 0 Å². The summed E-state index contributed by atoms with van der Waals surface area (Å²) < 4.78 is 14.0. The van der Waals surface area contributed by atoms with E-state index in [2.05, 4.69) is 12.2 Å². The summed E-state index contributed by atoms with van der Waals surface area (Å²) in [6, 6.07) is 6.46. The van der Waals surface area contributed by atoms with Gasteiger partial charge in [-0.05, 0) is 37.0 Å². The average Bonchev–Trinajstić information content (AvgIpc) is 2.43. The zero-order valence-electron chi connectivity index (χ0n) is 11.2. The lowest BCUT2D eigenvalue weighted by atomic mass is 9.73. The molecule has 0 aromatic heterocycles. The maximum atomic E-state index is 14.0. The van der Waals surface area contributed by atoms with Crippen molar-refractivity contribution in [1.82, 2.24) is 0 Å². The van der Waals surface area contributed by atoms with Crippen molar-refractivity contribution in [2.24, 2.45) is 11.7 Å². The van der Waals surface area contributed by atoms with Crippen LogP contribution < -0.4 is 11.1 Å². The summed E-state index contributed by atoms with van der Waals surface area (Å²) >= 11 is 0. The Morgan fingerprint density at radius 2 is 2.32 bits per heavy atom. The summed E-state index contributed by atoms with van der Waals surface area (Å²) in [7, 11) is 0. The molecule has 1 aliphatic rings. The van der Waals surface area contributed by atoms with E-state index in [-0.39, 0.29) is 11.4 Å². The van der Waals surface area contributed by atoms with Crippen LogP contribution in [0.25, 0.3) is 0 Å². The summed E-state index contributed by atoms with van der Waals surface area (Å²) in [5.41, 5.74) is 6.49. The van der Waals surface area contributed by atoms with Crippen LogP contribution in [0, 0.1) is 23.1 Å². The number of nitriles is 1. The molecule has 1 aliphatic carbocycles. The first-order valence-corrected chi connectivity index (χ1v) is 6.79. The standard InChI is InChI=1S/C15H20FN3/c1-11-4-2-3-7-15(11,10-18)19-14-6-5-12(9-17)8-13(14)16/h5-6,8,11,19H,2-4,7,10,18H2,1H3. The Labute approximate surface area is 113 Å². The second kappa shape index (κ2) is 5.58. The predicted octanol–water partition coefficient (Wildman–Crippen LogP) is 3.02. The minimum Gasteiger partial charge on any atom is -0.376 e. The SMILES string of the molecule is CC1CCCCC1(CN)Nc1ccc(C#N)cc1F. The van der Waals surface area contributed by atoms with E-state index in [0.717, 1.165) is 19.3 Å². The molecule has 0 bridgehead atoms. The molecular formula is C15H20FN3. The highest BCUT2D eigenvalue weighted by atomic mass is 19.1. The van der Waals surface area contributed by atoms with Gasteiger partial charge in [0.1, 0.15) is 5.82 Å². The lowest BCUT2D eigenvalue weighted by Crippen LogP contribution is -2.52. The normalized spacial score (nSPS) is 26.7. The lowest BCUT2D eigenvalue weighted by molar-refractivity contribution is 0.235. The van der Waals surface area contributed by atoms with Gasteiger partial charge in [0.2, 0.25) is 0 Å². The zero-order valence-corrected chi connectivity index (χ0v) is 11.2. The summed E-state index contributed by atoms with van der Waals surface area (Å²) in [4.78, 5) is 0. The first-order chi connectivity index (χ1) is 9.11. The van der Waals surface area contributed by atoms with Crippen molar-refractivity contribution in [2.75, 3.05) is 11.9 Å². The highest BCUT2D eigenvalue weighted by molar-refractivity contribution is 5.51. The Morgan fingerprint density at radius 1 is 1.53 bits per heavy atom. The Morgan fingerprint density at radius 3 is 2.89 bits per heavy atom. The van der Waals surface area contributed by atoms with E-state index in [4.69, 9.17) is 11.0 Å². The van der Waals surface area contributed by atoms with Gasteiger partial charge in [-0.1, -0.05) is 19.8 Å². The highest BCUT2D eigenvalue weighted by Gasteiger charge is 2.37. The minimum atomic E-state index is -0.385. The van der Waals surface area contributed by atoms with Gasteiger partial charge in [0.05, 0.1) is 22.9 Å². The predicted molar refractivity (Wildman–Crippen MR) is 74.2 cm³/mol. The molecule has 0 heterocycles. The fourth-order valence-corrected chi connectivity index (χ4v) is 2.91. The summed E-state index contributed by atoms with van der Waals surface area (Å²) in [6.45, 7) is 2.66. The number of nitrogens with two attached hydrogens (primary N) is 1. The molecule has 1 fully saturated rings. The molecule has 4 heteroatoms. The molecule has 2 atom stereocenters. The fourth-order valence-electron chi connectivity index (χ4n) is 2.91. The molecule has 3 N–H and O–H groups in total. The molecule has 2 unspecified atom stereocenters. The van der Waals surface area contributed by atoms with Crippen LogP contribution in [0.5, 0.6) is 0 Å². The van der Waals surface area contributed by atoms with Crippen molar-refractivity contribution in [1.29, 1.82) is 5.26 Å². The van der Waals surface area contributed by atoms with Crippen LogP contribution in [0.1, 0.15) is 38.2 Å². The van der Waals surface area contributed by atoms with E-state index in [1.54, 1.807) is 12.1 Å². The van der Waals surface area contributed by atoms with Gasteiger partial charge in [0.25, 0.3) is 0 Å². The third-order valence-electron chi connectivity index (χ3n) is 4.30. The maximum Gasteiger partial charge on any atom is 0.147 e. The number of rotatable bonds is 3. The van der Waals surface area contributed by atoms with Gasteiger partial charge in [-0.3, -0.25) is 0 Å². The fraction of sp³-hybridized carbons (Fsp3) is 0.533. The Balaban J connectivity index is 2.25. The minimum absolute atomic E-state index is 0.229. The number of benzene rings is 1. The van der Waals surface area contributed by atoms with Crippen LogP contribution in [0.4, 0.5) is 10.1 Å². The molecule has 0 aliphatic heterocycles. The van der Waals surface area contributed by atoms with Crippen LogP contribution in [0.15, 0.2) is 18.2 Å². The summed E-state index contributed by atoms with van der Waals surface area (Å²) in [5, 5.41) is 12.1. The Hall–Kier alpha value is -1.60. The molecule has 3 nitrogen and oxygen atoms in total. The van der Waals surface area contributed by atoms with Gasteiger partial charge in [-0.2, -0.15) is 5.26 Å². The van der Waals surface area contributed by atoms with E-state index < -0.39 is 0 Å². The van der Waals surface area contributed by atoms with E-state index in [1.807, 2.05) is 6.07 Å². The van der Waals surface area contributed by atoms with Crippen molar-refractivity contribution in [3.05, 3.63) is 29.6 Å². The van der Waals surface area contributed by atoms with Crippen LogP contribution in [0.2, 0.25) is 0 Å². The molecule has 0 radical (unpaired) electrons. The summed E-state index contributed by atoms with van der Waals surface area (Å²) in [6.07, 6.45) is 4.40. The second-order valence-corrected chi connectivity index (χ2v) is 5.44. The van der Waals surface area contributed by atoms with Gasteiger partial charge in [-0.25, -0.2) is 4.39 Å². The van der Waals surface area contributed by atoms with Crippen molar-refractivity contribution < 1.29 is 4.39 Å². The molecule has 1 saturated carbocycles. The second-order valence-electron chi connectivity index (χ2n) is 5.44. The molecule has 0 saturated heterocycles. The van der Waals surface area contributed by atoms with Gasteiger partial charge >= 0.3 is 0 Å². The number of anilines is 1. The quantitative estimate of drug-likeness (QED) is 0.879. The zero-order chi connectivity index (χ0) is 13.9. The van der Waals surface area contributed by atoms with Gasteiger partial charge in [0.15, 0.2) is 0 Å². The van der Waals surface area contributed by atoms with E-state index in [9.17, 15) is 4.39 Å². The number of nitrogens with zero attached hydrogens (tertiary/aromatic N) is 1. The van der Waals surface area contributed by atoms with Crippen LogP contribution >= 0.6 is 0 Å². The third-order valence-corrected chi connectivity index (χ3v) is 4.30. The van der Waals surface area contributed by atoms with Crippen LogP contribution in [-0.4, -0.2) is 12.1 Å². The van der Waals surface area contributed by atoms with E-state index in [1.165, 1.54) is 12.5 Å². The Bertz CT molecular complexity index is 495. The van der Waals surface area contributed by atoms with Gasteiger partial charge in [0, 0.05) is 6.54 Å². The topological polar surface area (TPSA) is 61.8 Å². The monoisotopic (exact) mass is 261 g/mol. The first kappa shape index (κ1) is 13.8. The smallest absolute Gasteiger partial charge is 0.147 e. The number of hydrogen-bond donors (Lipinski definition) is 2. The van der Waals surface area contributed by atoms with Gasteiger partial charge in [-0.15, -0.1) is 0 Å². The average molecular weight is 261 g/mol. The van der Waals surface area contributed by atoms with E-state index >= 15 is 0 Å².